The Bertz CT molecular complexity index is 1360. The third-order valence-electron chi connectivity index (χ3n) is 5.16. The summed E-state index contributed by atoms with van der Waals surface area (Å²) in [4.78, 5) is 38.5. The van der Waals surface area contributed by atoms with Gasteiger partial charge in [-0.15, -0.1) is 0 Å². The molecule has 0 bridgehead atoms. The van der Waals surface area contributed by atoms with Crippen molar-refractivity contribution in [2.75, 3.05) is 19.1 Å². The summed E-state index contributed by atoms with van der Waals surface area (Å²) >= 11 is 5.27. The van der Waals surface area contributed by atoms with E-state index in [9.17, 15) is 19.5 Å². The van der Waals surface area contributed by atoms with Gasteiger partial charge >= 0.3 is 0 Å². The van der Waals surface area contributed by atoms with E-state index in [1.165, 1.54) is 37.3 Å². The smallest absolute Gasteiger partial charge is 0.270 e. The predicted octanol–water partition coefficient (Wildman–Crippen LogP) is 1.69. The van der Waals surface area contributed by atoms with Crippen LogP contribution in [0.2, 0.25) is 0 Å². The van der Waals surface area contributed by atoms with E-state index < -0.39 is 17.8 Å². The van der Waals surface area contributed by atoms with E-state index in [1.807, 2.05) is 0 Å². The highest BCUT2D eigenvalue weighted by atomic mass is 32.1. The Labute approximate surface area is 199 Å². The Hall–Kier alpha value is -4.44. The van der Waals surface area contributed by atoms with Gasteiger partial charge in [-0.2, -0.15) is 0 Å². The molecule has 9 nitrogen and oxygen atoms in total. The lowest BCUT2D eigenvalue weighted by atomic mass is 10.1. The lowest BCUT2D eigenvalue weighted by molar-refractivity contribution is -0.255. The number of carboxylic acid groups (broad SMARTS) is 1. The first-order valence-electron chi connectivity index (χ1n) is 9.96. The molecule has 1 N–H and O–H groups in total. The molecule has 1 aromatic heterocycles. The molecule has 0 spiro atoms. The number of hydrogen-bond donors (Lipinski definition) is 1. The van der Waals surface area contributed by atoms with E-state index in [1.54, 1.807) is 53.2 Å². The van der Waals surface area contributed by atoms with Gasteiger partial charge in [0.05, 0.1) is 25.9 Å². The fourth-order valence-electron chi connectivity index (χ4n) is 3.52. The minimum absolute atomic E-state index is 0.000543. The number of aromatic carboxylic acids is 1. The van der Waals surface area contributed by atoms with Crippen LogP contribution >= 0.6 is 12.2 Å². The summed E-state index contributed by atoms with van der Waals surface area (Å²) in [6.07, 6.45) is 3.09. The molecule has 1 aliphatic rings. The van der Waals surface area contributed by atoms with Crippen LogP contribution in [0.25, 0.3) is 11.8 Å². The van der Waals surface area contributed by atoms with Crippen molar-refractivity contribution >= 4 is 46.9 Å². The summed E-state index contributed by atoms with van der Waals surface area (Å²) in [5.74, 6) is -1.77. The fraction of sp³-hybridized carbons (Fsp3) is 0.0833. The number of anilines is 1. The number of aromatic nitrogens is 1. The molecule has 0 atom stereocenters. The SMILES string of the molecule is COc1ccc(N2C(=O)/C(=C/c3cccn3-c3cccc(C(=O)[O-])c3)C(=O)NC2=S)c(OC)c1. The van der Waals surface area contributed by atoms with Crippen LogP contribution in [0.3, 0.4) is 0 Å². The minimum Gasteiger partial charge on any atom is -0.545 e. The Kier molecular flexibility index (Phi) is 6.15. The van der Waals surface area contributed by atoms with Crippen LogP contribution in [-0.4, -0.2) is 41.7 Å². The van der Waals surface area contributed by atoms with Gasteiger partial charge in [-0.1, -0.05) is 12.1 Å². The molecule has 1 fully saturated rings. The van der Waals surface area contributed by atoms with Crippen molar-refractivity contribution in [1.29, 1.82) is 0 Å². The van der Waals surface area contributed by atoms with Gasteiger partial charge in [-0.25, -0.2) is 4.90 Å². The van der Waals surface area contributed by atoms with E-state index in [0.717, 1.165) is 0 Å². The van der Waals surface area contributed by atoms with Crippen LogP contribution in [-0.2, 0) is 9.59 Å². The van der Waals surface area contributed by atoms with Crippen LogP contribution in [0.4, 0.5) is 5.69 Å². The van der Waals surface area contributed by atoms with Crippen molar-refractivity contribution in [3.8, 4) is 17.2 Å². The zero-order chi connectivity index (χ0) is 24.4. The molecule has 1 aliphatic heterocycles. The third kappa shape index (κ3) is 4.14. The molecular weight excluding hydrogens is 458 g/mol. The quantitative estimate of drug-likeness (QED) is 0.327. The molecule has 1 saturated heterocycles. The van der Waals surface area contributed by atoms with Crippen LogP contribution < -0.4 is 24.8 Å². The van der Waals surface area contributed by atoms with Crippen molar-refractivity contribution < 1.29 is 29.0 Å². The second-order valence-electron chi connectivity index (χ2n) is 7.14. The number of carboxylic acids is 1. The van der Waals surface area contributed by atoms with E-state index in [2.05, 4.69) is 5.32 Å². The number of methoxy groups -OCH3 is 2. The largest absolute Gasteiger partial charge is 0.545 e. The third-order valence-corrected chi connectivity index (χ3v) is 5.45. The zero-order valence-corrected chi connectivity index (χ0v) is 18.9. The van der Waals surface area contributed by atoms with Crippen LogP contribution in [0.15, 0.2) is 66.4 Å². The second kappa shape index (κ2) is 9.20. The number of rotatable bonds is 6. The van der Waals surface area contributed by atoms with Gasteiger partial charge in [0.25, 0.3) is 11.8 Å². The number of thiocarbonyl (C=S) groups is 1. The fourth-order valence-corrected chi connectivity index (χ4v) is 3.80. The van der Waals surface area contributed by atoms with Gasteiger partial charge in [0.1, 0.15) is 17.1 Å². The molecule has 10 heteroatoms. The van der Waals surface area contributed by atoms with Gasteiger partial charge in [0, 0.05) is 23.6 Å². The maximum atomic E-state index is 13.4. The Balaban J connectivity index is 1.76. The minimum atomic E-state index is -1.31. The Morgan fingerprint density at radius 1 is 1.06 bits per heavy atom. The Morgan fingerprint density at radius 3 is 2.56 bits per heavy atom. The molecule has 2 aromatic carbocycles. The van der Waals surface area contributed by atoms with Crippen LogP contribution in [0.1, 0.15) is 16.1 Å². The molecule has 2 heterocycles. The van der Waals surface area contributed by atoms with E-state index >= 15 is 0 Å². The summed E-state index contributed by atoms with van der Waals surface area (Å²) in [7, 11) is 2.95. The van der Waals surface area contributed by atoms with Gasteiger partial charge in [-0.05, 0) is 60.3 Å². The number of amides is 2. The van der Waals surface area contributed by atoms with Crippen molar-refractivity contribution in [3.05, 3.63) is 77.6 Å². The molecular formula is C24H18N3O6S-. The molecule has 3 aromatic rings. The summed E-state index contributed by atoms with van der Waals surface area (Å²) in [6.45, 7) is 0. The molecule has 172 valence electrons. The number of nitrogens with zero attached hydrogens (tertiary/aromatic N) is 2. The summed E-state index contributed by atoms with van der Waals surface area (Å²) in [5.41, 5.74) is 1.16. The first-order chi connectivity index (χ1) is 16.3. The molecule has 0 unspecified atom stereocenters. The number of ether oxygens (including phenoxy) is 2. The standard InChI is InChI=1S/C24H19N3O6S/c1-32-17-8-9-19(20(13-17)33-2)27-22(29)18(21(28)25-24(27)34)12-16-7-4-10-26(16)15-6-3-5-14(11-15)23(30)31/h3-13H,1-2H3,(H,30,31)(H,25,28,34)/p-1/b18-12+. The maximum absolute atomic E-state index is 13.4. The van der Waals surface area contributed by atoms with Crippen molar-refractivity contribution in [1.82, 2.24) is 9.88 Å². The maximum Gasteiger partial charge on any atom is 0.270 e. The topological polar surface area (TPSA) is 113 Å². The van der Waals surface area contributed by atoms with Gasteiger partial charge in [-0.3, -0.25) is 14.9 Å². The number of carbonyl (C=O) groups excluding carboxylic acids is 3. The van der Waals surface area contributed by atoms with E-state index in [-0.39, 0.29) is 16.2 Å². The summed E-state index contributed by atoms with van der Waals surface area (Å²) in [5, 5.41) is 13.7. The molecule has 0 radical (unpaired) electrons. The molecule has 4 rings (SSSR count). The number of carbonyl (C=O) groups is 3. The molecule has 34 heavy (non-hydrogen) atoms. The molecule has 0 saturated carbocycles. The van der Waals surface area contributed by atoms with Crippen molar-refractivity contribution in [3.63, 3.8) is 0 Å². The predicted molar refractivity (Wildman–Crippen MR) is 126 cm³/mol. The first-order valence-corrected chi connectivity index (χ1v) is 10.4. The average molecular weight is 476 g/mol. The van der Waals surface area contributed by atoms with Gasteiger partial charge in [0.15, 0.2) is 5.11 Å². The highest BCUT2D eigenvalue weighted by molar-refractivity contribution is 7.80. The van der Waals surface area contributed by atoms with Crippen molar-refractivity contribution in [2.24, 2.45) is 0 Å². The lowest BCUT2D eigenvalue weighted by Crippen LogP contribution is -2.54. The Morgan fingerprint density at radius 2 is 1.85 bits per heavy atom. The van der Waals surface area contributed by atoms with Crippen LogP contribution in [0, 0.1) is 0 Å². The highest BCUT2D eigenvalue weighted by Gasteiger charge is 2.36. The normalized spacial score (nSPS) is 14.8. The van der Waals surface area contributed by atoms with Gasteiger partial charge in [0.2, 0.25) is 0 Å². The summed E-state index contributed by atoms with van der Waals surface area (Å²) < 4.78 is 12.2. The second-order valence-corrected chi connectivity index (χ2v) is 7.52. The van der Waals surface area contributed by atoms with Crippen LogP contribution in [0.5, 0.6) is 11.5 Å². The molecule has 0 aliphatic carbocycles. The average Bonchev–Trinajstić information content (AvgIpc) is 3.30. The highest BCUT2D eigenvalue weighted by Crippen LogP contribution is 2.34. The molecule has 2 amide bonds. The van der Waals surface area contributed by atoms with E-state index in [4.69, 9.17) is 21.7 Å². The summed E-state index contributed by atoms with van der Waals surface area (Å²) in [6, 6.07) is 14.4. The first kappa shape index (κ1) is 22.7. The lowest BCUT2D eigenvalue weighted by Gasteiger charge is -2.30. The zero-order valence-electron chi connectivity index (χ0n) is 18.1. The van der Waals surface area contributed by atoms with Crippen molar-refractivity contribution in [2.45, 2.75) is 0 Å². The monoisotopic (exact) mass is 476 g/mol. The van der Waals surface area contributed by atoms with E-state index in [0.29, 0.717) is 28.6 Å². The number of benzene rings is 2. The number of hydrogen-bond acceptors (Lipinski definition) is 7. The number of nitrogens with one attached hydrogen (secondary N) is 1. The van der Waals surface area contributed by atoms with Gasteiger partial charge < -0.3 is 23.9 Å².